The number of benzene rings is 1. The summed E-state index contributed by atoms with van der Waals surface area (Å²) in [7, 11) is 1.87. The maximum absolute atomic E-state index is 13.3. The minimum atomic E-state index is -0.0420. The Labute approximate surface area is 162 Å². The van der Waals surface area contributed by atoms with Gasteiger partial charge in [0.2, 0.25) is 0 Å². The molecular weight excluding hydrogens is 350 g/mol. The summed E-state index contributed by atoms with van der Waals surface area (Å²) in [6.45, 7) is 0.721. The van der Waals surface area contributed by atoms with Crippen molar-refractivity contribution < 1.29 is 4.79 Å². The van der Waals surface area contributed by atoms with Crippen molar-refractivity contribution in [1.82, 2.24) is 19.3 Å². The van der Waals surface area contributed by atoms with Gasteiger partial charge in [-0.05, 0) is 37.1 Å². The fraction of sp³-hybridized carbons (Fsp3) is 0.227. The third-order valence-electron chi connectivity index (χ3n) is 5.44. The number of carbonyl (C=O) groups is 1. The monoisotopic (exact) mass is 371 g/mol. The van der Waals surface area contributed by atoms with Crippen molar-refractivity contribution >= 4 is 28.1 Å². The SMILES string of the molecule is CNc1nc([C@@H]2CCCN2C(=O)c2ccc3ccccc3n2)cn2cccc12. The van der Waals surface area contributed by atoms with Crippen LogP contribution in [0.15, 0.2) is 60.9 Å². The van der Waals surface area contributed by atoms with E-state index < -0.39 is 0 Å². The second-order valence-electron chi connectivity index (χ2n) is 7.11. The van der Waals surface area contributed by atoms with Gasteiger partial charge in [-0.1, -0.05) is 24.3 Å². The van der Waals surface area contributed by atoms with Crippen LogP contribution in [0, 0.1) is 0 Å². The van der Waals surface area contributed by atoms with Crippen LogP contribution in [0.4, 0.5) is 5.82 Å². The van der Waals surface area contributed by atoms with Crippen molar-refractivity contribution in [3.8, 4) is 0 Å². The topological polar surface area (TPSA) is 62.5 Å². The molecule has 3 aromatic heterocycles. The number of aromatic nitrogens is 3. The summed E-state index contributed by atoms with van der Waals surface area (Å²) in [5.74, 6) is 0.791. The zero-order valence-corrected chi connectivity index (χ0v) is 15.7. The molecule has 4 aromatic rings. The van der Waals surface area contributed by atoms with Crippen LogP contribution in [0.25, 0.3) is 16.4 Å². The van der Waals surface area contributed by atoms with Crippen molar-refractivity contribution in [3.05, 3.63) is 72.3 Å². The summed E-state index contributed by atoms with van der Waals surface area (Å²) < 4.78 is 2.06. The number of pyridine rings is 1. The van der Waals surface area contributed by atoms with E-state index in [1.54, 1.807) is 0 Å². The first-order valence-electron chi connectivity index (χ1n) is 9.57. The smallest absolute Gasteiger partial charge is 0.273 e. The molecule has 6 heteroatoms. The first-order valence-corrected chi connectivity index (χ1v) is 9.57. The van der Waals surface area contributed by atoms with E-state index in [2.05, 4.69) is 14.7 Å². The normalized spacial score (nSPS) is 16.8. The molecule has 0 spiro atoms. The second-order valence-corrected chi connectivity index (χ2v) is 7.11. The third-order valence-corrected chi connectivity index (χ3v) is 5.44. The summed E-state index contributed by atoms with van der Waals surface area (Å²) in [4.78, 5) is 24.6. The molecule has 5 rings (SSSR count). The summed E-state index contributed by atoms with van der Waals surface area (Å²) in [6, 6.07) is 15.6. The highest BCUT2D eigenvalue weighted by molar-refractivity contribution is 5.95. The van der Waals surface area contributed by atoms with E-state index in [1.165, 1.54) is 0 Å². The quantitative estimate of drug-likeness (QED) is 0.593. The lowest BCUT2D eigenvalue weighted by Crippen LogP contribution is -2.31. The minimum Gasteiger partial charge on any atom is -0.371 e. The number of nitrogens with zero attached hydrogens (tertiary/aromatic N) is 4. The Kier molecular flexibility index (Phi) is 3.97. The minimum absolute atomic E-state index is 0.0336. The molecule has 1 aliphatic rings. The fourth-order valence-corrected chi connectivity index (χ4v) is 4.06. The zero-order chi connectivity index (χ0) is 19.1. The van der Waals surface area contributed by atoms with Crippen LogP contribution in [0.3, 0.4) is 0 Å². The van der Waals surface area contributed by atoms with Gasteiger partial charge in [0.25, 0.3) is 5.91 Å². The van der Waals surface area contributed by atoms with E-state index in [1.807, 2.05) is 72.9 Å². The van der Waals surface area contributed by atoms with E-state index in [-0.39, 0.29) is 11.9 Å². The molecule has 1 saturated heterocycles. The summed E-state index contributed by atoms with van der Waals surface area (Å²) in [5, 5.41) is 4.21. The van der Waals surface area contributed by atoms with Gasteiger partial charge in [0.1, 0.15) is 11.5 Å². The molecule has 0 bridgehead atoms. The van der Waals surface area contributed by atoms with Gasteiger partial charge in [-0.25, -0.2) is 9.97 Å². The number of carbonyl (C=O) groups excluding carboxylic acids is 1. The van der Waals surface area contributed by atoms with Crippen LogP contribution >= 0.6 is 0 Å². The molecule has 1 atom stereocenters. The molecule has 1 aromatic carbocycles. The Morgan fingerprint density at radius 2 is 2.00 bits per heavy atom. The number of amides is 1. The van der Waals surface area contributed by atoms with Crippen molar-refractivity contribution in [3.63, 3.8) is 0 Å². The molecule has 140 valence electrons. The molecular formula is C22H21N5O. The summed E-state index contributed by atoms with van der Waals surface area (Å²) in [6.07, 6.45) is 5.90. The Bertz CT molecular complexity index is 1180. The predicted octanol–water partition coefficient (Wildman–Crippen LogP) is 3.90. The number of hydrogen-bond donors (Lipinski definition) is 1. The molecule has 0 radical (unpaired) electrons. The van der Waals surface area contributed by atoms with E-state index in [0.29, 0.717) is 5.69 Å². The van der Waals surface area contributed by atoms with Gasteiger partial charge >= 0.3 is 0 Å². The van der Waals surface area contributed by atoms with Crippen LogP contribution in [0.2, 0.25) is 0 Å². The maximum atomic E-state index is 13.3. The summed E-state index contributed by atoms with van der Waals surface area (Å²) in [5.41, 5.74) is 3.26. The van der Waals surface area contributed by atoms with Crippen LogP contribution in [-0.2, 0) is 0 Å². The number of nitrogens with one attached hydrogen (secondary N) is 1. The average molecular weight is 371 g/mol. The van der Waals surface area contributed by atoms with Crippen molar-refractivity contribution in [2.45, 2.75) is 18.9 Å². The van der Waals surface area contributed by atoms with E-state index in [4.69, 9.17) is 4.98 Å². The van der Waals surface area contributed by atoms with Crippen LogP contribution in [0.5, 0.6) is 0 Å². The molecule has 1 N–H and O–H groups in total. The van der Waals surface area contributed by atoms with Gasteiger partial charge in [-0.15, -0.1) is 0 Å². The maximum Gasteiger partial charge on any atom is 0.273 e. The van der Waals surface area contributed by atoms with Gasteiger partial charge < -0.3 is 14.6 Å². The lowest BCUT2D eigenvalue weighted by molar-refractivity contribution is 0.0727. The molecule has 1 aliphatic heterocycles. The summed E-state index contributed by atoms with van der Waals surface area (Å²) >= 11 is 0. The second kappa shape index (κ2) is 6.64. The van der Waals surface area contributed by atoms with Gasteiger partial charge in [0, 0.05) is 31.4 Å². The standard InChI is InChI=1S/C22H21N5O/c1-23-21-20-9-4-12-26(20)14-18(25-21)19-8-5-13-27(19)22(28)17-11-10-15-6-2-3-7-16(15)24-17/h2-4,6-7,9-12,14,19H,5,8,13H2,1H3,(H,23,25)/t19-/m0/s1. The predicted molar refractivity (Wildman–Crippen MR) is 109 cm³/mol. The number of hydrogen-bond acceptors (Lipinski definition) is 4. The Morgan fingerprint density at radius 3 is 2.89 bits per heavy atom. The number of anilines is 1. The molecule has 28 heavy (non-hydrogen) atoms. The molecule has 1 fully saturated rings. The molecule has 1 amide bonds. The average Bonchev–Trinajstić information content (AvgIpc) is 3.41. The van der Waals surface area contributed by atoms with Gasteiger partial charge in [0.05, 0.1) is 22.8 Å². The number of likely N-dealkylation sites (tertiary alicyclic amines) is 1. The first kappa shape index (κ1) is 16.7. The lowest BCUT2D eigenvalue weighted by Gasteiger charge is -2.24. The Balaban J connectivity index is 1.51. The van der Waals surface area contributed by atoms with Crippen LogP contribution < -0.4 is 5.32 Å². The van der Waals surface area contributed by atoms with Gasteiger partial charge in [0.15, 0.2) is 0 Å². The van der Waals surface area contributed by atoms with Crippen molar-refractivity contribution in [1.29, 1.82) is 0 Å². The van der Waals surface area contributed by atoms with Gasteiger partial charge in [-0.2, -0.15) is 0 Å². The van der Waals surface area contributed by atoms with Crippen LogP contribution in [-0.4, -0.2) is 38.8 Å². The number of rotatable bonds is 3. The molecule has 6 nitrogen and oxygen atoms in total. The van der Waals surface area contributed by atoms with E-state index in [0.717, 1.165) is 47.3 Å². The largest absolute Gasteiger partial charge is 0.371 e. The zero-order valence-electron chi connectivity index (χ0n) is 15.7. The molecule has 4 heterocycles. The lowest BCUT2D eigenvalue weighted by atomic mass is 10.1. The highest BCUT2D eigenvalue weighted by atomic mass is 16.2. The van der Waals surface area contributed by atoms with Crippen LogP contribution in [0.1, 0.15) is 35.1 Å². The van der Waals surface area contributed by atoms with E-state index in [9.17, 15) is 4.79 Å². The Hall–Kier alpha value is -3.41. The number of para-hydroxylation sites is 1. The molecule has 0 aliphatic carbocycles. The van der Waals surface area contributed by atoms with E-state index >= 15 is 0 Å². The Morgan fingerprint density at radius 1 is 1.11 bits per heavy atom. The van der Waals surface area contributed by atoms with Crippen molar-refractivity contribution in [2.75, 3.05) is 18.9 Å². The van der Waals surface area contributed by atoms with Crippen molar-refractivity contribution in [2.24, 2.45) is 0 Å². The molecule has 0 unspecified atom stereocenters. The first-order chi connectivity index (χ1) is 13.7. The van der Waals surface area contributed by atoms with Gasteiger partial charge in [-0.3, -0.25) is 4.79 Å². The highest BCUT2D eigenvalue weighted by Crippen LogP contribution is 2.33. The third kappa shape index (κ3) is 2.69. The molecule has 0 saturated carbocycles. The fourth-order valence-electron chi connectivity index (χ4n) is 4.06. The highest BCUT2D eigenvalue weighted by Gasteiger charge is 2.32. The number of fused-ring (bicyclic) bond motifs is 2.